The highest BCUT2D eigenvalue weighted by Crippen LogP contribution is 2.19. The molecule has 0 heterocycles. The van der Waals surface area contributed by atoms with Crippen molar-refractivity contribution in [3.8, 4) is 5.75 Å². The SMILES string of the molecule is CC(C)COCCCNC(=O)c1cccc(COc2ccccc2C(N)=O)c1. The van der Waals surface area contributed by atoms with E-state index in [-0.39, 0.29) is 12.5 Å². The van der Waals surface area contributed by atoms with Crippen molar-refractivity contribution < 1.29 is 19.1 Å². The molecule has 2 amide bonds. The number of hydrogen-bond acceptors (Lipinski definition) is 4. The van der Waals surface area contributed by atoms with Gasteiger partial charge in [0, 0.05) is 25.3 Å². The van der Waals surface area contributed by atoms with Crippen LogP contribution in [0.2, 0.25) is 0 Å². The van der Waals surface area contributed by atoms with E-state index in [0.717, 1.165) is 18.6 Å². The first-order valence-electron chi connectivity index (χ1n) is 9.44. The molecule has 0 radical (unpaired) electrons. The molecule has 0 aliphatic rings. The van der Waals surface area contributed by atoms with Gasteiger partial charge < -0.3 is 20.5 Å². The molecule has 3 N–H and O–H groups in total. The van der Waals surface area contributed by atoms with E-state index < -0.39 is 5.91 Å². The molecule has 0 saturated carbocycles. The number of nitrogens with one attached hydrogen (secondary N) is 1. The van der Waals surface area contributed by atoms with E-state index in [9.17, 15) is 9.59 Å². The van der Waals surface area contributed by atoms with Crippen LogP contribution < -0.4 is 15.8 Å². The van der Waals surface area contributed by atoms with Crippen LogP contribution in [0.25, 0.3) is 0 Å². The monoisotopic (exact) mass is 384 g/mol. The summed E-state index contributed by atoms with van der Waals surface area (Å²) in [5.74, 6) is 0.255. The molecule has 0 aliphatic carbocycles. The van der Waals surface area contributed by atoms with Crippen molar-refractivity contribution in [3.05, 3.63) is 65.2 Å². The van der Waals surface area contributed by atoms with Gasteiger partial charge in [0.25, 0.3) is 11.8 Å². The average molecular weight is 384 g/mol. The first-order chi connectivity index (χ1) is 13.5. The second-order valence-electron chi connectivity index (χ2n) is 6.93. The zero-order valence-electron chi connectivity index (χ0n) is 16.4. The molecule has 0 unspecified atom stereocenters. The molecule has 28 heavy (non-hydrogen) atoms. The van der Waals surface area contributed by atoms with E-state index >= 15 is 0 Å². The van der Waals surface area contributed by atoms with Crippen molar-refractivity contribution in [2.75, 3.05) is 19.8 Å². The van der Waals surface area contributed by atoms with E-state index in [2.05, 4.69) is 19.2 Å². The maximum atomic E-state index is 12.3. The fourth-order valence-electron chi connectivity index (χ4n) is 2.56. The molecule has 2 aromatic carbocycles. The summed E-state index contributed by atoms with van der Waals surface area (Å²) < 4.78 is 11.2. The predicted octanol–water partition coefficient (Wildman–Crippen LogP) is 3.16. The molecule has 6 heteroatoms. The van der Waals surface area contributed by atoms with Crippen LogP contribution >= 0.6 is 0 Å². The Morgan fingerprint density at radius 2 is 1.89 bits per heavy atom. The van der Waals surface area contributed by atoms with Crippen molar-refractivity contribution in [2.45, 2.75) is 26.9 Å². The van der Waals surface area contributed by atoms with Crippen LogP contribution in [0.4, 0.5) is 0 Å². The standard InChI is InChI=1S/C22H28N2O4/c1-16(2)14-27-12-6-11-24-22(26)18-8-5-7-17(13-18)15-28-20-10-4-3-9-19(20)21(23)25/h3-5,7-10,13,16H,6,11-12,14-15H2,1-2H3,(H2,23,25)(H,24,26). The number of amides is 2. The molecule has 0 atom stereocenters. The van der Waals surface area contributed by atoms with Crippen LogP contribution in [0.15, 0.2) is 48.5 Å². The summed E-state index contributed by atoms with van der Waals surface area (Å²) in [6.07, 6.45) is 0.769. The Labute approximate surface area is 166 Å². The first kappa shape index (κ1) is 21.4. The molecular formula is C22H28N2O4. The van der Waals surface area contributed by atoms with Gasteiger partial charge in [-0.05, 0) is 42.2 Å². The van der Waals surface area contributed by atoms with E-state index in [1.165, 1.54) is 0 Å². The molecule has 0 saturated heterocycles. The fourth-order valence-corrected chi connectivity index (χ4v) is 2.56. The normalized spacial score (nSPS) is 10.7. The van der Waals surface area contributed by atoms with Gasteiger partial charge >= 0.3 is 0 Å². The van der Waals surface area contributed by atoms with Gasteiger partial charge in [0.2, 0.25) is 0 Å². The number of para-hydroxylation sites is 1. The minimum absolute atomic E-state index is 0.136. The van der Waals surface area contributed by atoms with Gasteiger partial charge in [0.05, 0.1) is 5.56 Å². The van der Waals surface area contributed by atoms with Gasteiger partial charge in [-0.25, -0.2) is 0 Å². The van der Waals surface area contributed by atoms with Gasteiger partial charge in [-0.15, -0.1) is 0 Å². The van der Waals surface area contributed by atoms with Crippen molar-refractivity contribution in [2.24, 2.45) is 11.7 Å². The summed E-state index contributed by atoms with van der Waals surface area (Å²) >= 11 is 0. The lowest BCUT2D eigenvalue weighted by Crippen LogP contribution is -2.25. The van der Waals surface area contributed by atoms with Crippen LogP contribution in [0.3, 0.4) is 0 Å². The average Bonchev–Trinajstić information content (AvgIpc) is 2.69. The lowest BCUT2D eigenvalue weighted by atomic mass is 10.1. The second kappa shape index (κ2) is 11.1. The maximum Gasteiger partial charge on any atom is 0.252 e. The van der Waals surface area contributed by atoms with Gasteiger partial charge in [-0.3, -0.25) is 9.59 Å². The van der Waals surface area contributed by atoms with Crippen molar-refractivity contribution in [1.82, 2.24) is 5.32 Å². The number of primary amides is 1. The van der Waals surface area contributed by atoms with E-state index in [1.807, 2.05) is 6.07 Å². The fraction of sp³-hybridized carbons (Fsp3) is 0.364. The summed E-state index contributed by atoms with van der Waals surface area (Å²) in [5.41, 5.74) is 7.08. The minimum Gasteiger partial charge on any atom is -0.488 e. The Bertz CT molecular complexity index is 790. The van der Waals surface area contributed by atoms with Crippen LogP contribution in [0, 0.1) is 5.92 Å². The van der Waals surface area contributed by atoms with Crippen molar-refractivity contribution in [3.63, 3.8) is 0 Å². The highest BCUT2D eigenvalue weighted by Gasteiger charge is 2.10. The minimum atomic E-state index is -0.541. The van der Waals surface area contributed by atoms with Gasteiger partial charge in [-0.2, -0.15) is 0 Å². The summed E-state index contributed by atoms with van der Waals surface area (Å²) in [6, 6.07) is 14.0. The predicted molar refractivity (Wildman–Crippen MR) is 108 cm³/mol. The van der Waals surface area contributed by atoms with Crippen molar-refractivity contribution in [1.29, 1.82) is 0 Å². The zero-order valence-corrected chi connectivity index (χ0v) is 16.4. The molecule has 0 aromatic heterocycles. The molecule has 2 rings (SSSR count). The number of hydrogen-bond donors (Lipinski definition) is 2. The number of benzene rings is 2. The Morgan fingerprint density at radius 1 is 1.11 bits per heavy atom. The Morgan fingerprint density at radius 3 is 2.64 bits per heavy atom. The lowest BCUT2D eigenvalue weighted by molar-refractivity contribution is 0.0924. The smallest absolute Gasteiger partial charge is 0.252 e. The molecule has 6 nitrogen and oxygen atoms in total. The Kier molecular flexibility index (Phi) is 8.49. The third-order valence-electron chi connectivity index (χ3n) is 3.94. The zero-order chi connectivity index (χ0) is 20.4. The van der Waals surface area contributed by atoms with Crippen molar-refractivity contribution >= 4 is 11.8 Å². The highest BCUT2D eigenvalue weighted by atomic mass is 16.5. The largest absolute Gasteiger partial charge is 0.488 e. The summed E-state index contributed by atoms with van der Waals surface area (Å²) in [6.45, 7) is 6.36. The number of rotatable bonds is 11. The number of nitrogens with two attached hydrogens (primary N) is 1. The summed E-state index contributed by atoms with van der Waals surface area (Å²) in [7, 11) is 0. The van der Waals surface area contributed by atoms with Crippen LogP contribution in [-0.4, -0.2) is 31.6 Å². The van der Waals surface area contributed by atoms with Gasteiger partial charge in [0.1, 0.15) is 12.4 Å². The molecule has 0 aliphatic heterocycles. The molecule has 2 aromatic rings. The number of ether oxygens (including phenoxy) is 2. The topological polar surface area (TPSA) is 90.7 Å². The summed E-state index contributed by atoms with van der Waals surface area (Å²) in [5, 5.41) is 2.89. The van der Waals surface area contributed by atoms with Crippen LogP contribution in [0.1, 0.15) is 46.5 Å². The van der Waals surface area contributed by atoms with E-state index in [4.69, 9.17) is 15.2 Å². The van der Waals surface area contributed by atoms with E-state index in [0.29, 0.717) is 35.9 Å². The second-order valence-corrected chi connectivity index (χ2v) is 6.93. The molecular weight excluding hydrogens is 356 g/mol. The Balaban J connectivity index is 1.85. The maximum absolute atomic E-state index is 12.3. The number of carbonyl (C=O) groups is 2. The molecule has 150 valence electrons. The lowest BCUT2D eigenvalue weighted by Gasteiger charge is -2.11. The number of carbonyl (C=O) groups excluding carboxylic acids is 2. The quantitative estimate of drug-likeness (QED) is 0.582. The molecule has 0 bridgehead atoms. The highest BCUT2D eigenvalue weighted by molar-refractivity contribution is 5.95. The summed E-state index contributed by atoms with van der Waals surface area (Å²) in [4.78, 5) is 23.8. The van der Waals surface area contributed by atoms with E-state index in [1.54, 1.807) is 42.5 Å². The third kappa shape index (κ3) is 7.04. The first-order valence-corrected chi connectivity index (χ1v) is 9.44. The third-order valence-corrected chi connectivity index (χ3v) is 3.94. The molecule has 0 fully saturated rings. The molecule has 0 spiro atoms. The van der Waals surface area contributed by atoms with Gasteiger partial charge in [-0.1, -0.05) is 38.1 Å². The van der Waals surface area contributed by atoms with Crippen LogP contribution in [-0.2, 0) is 11.3 Å². The van der Waals surface area contributed by atoms with Gasteiger partial charge in [0.15, 0.2) is 0 Å². The van der Waals surface area contributed by atoms with Crippen LogP contribution in [0.5, 0.6) is 5.75 Å². The Hall–Kier alpha value is -2.86.